The van der Waals surface area contributed by atoms with E-state index in [1.54, 1.807) is 0 Å². The molecular formula is C24H22N2O7S. The van der Waals surface area contributed by atoms with Crippen LogP contribution in [0.2, 0.25) is 0 Å². The van der Waals surface area contributed by atoms with Crippen LogP contribution in [0.1, 0.15) is 28.8 Å². The highest BCUT2D eigenvalue weighted by molar-refractivity contribution is 7.90. The first-order chi connectivity index (χ1) is 16.2. The van der Waals surface area contributed by atoms with Crippen molar-refractivity contribution >= 4 is 27.9 Å². The van der Waals surface area contributed by atoms with Crippen molar-refractivity contribution in [3.05, 3.63) is 88.0 Å². The Balaban J connectivity index is 1.88. The Morgan fingerprint density at radius 3 is 2.47 bits per heavy atom. The molecule has 0 bridgehead atoms. The molecule has 0 unspecified atom stereocenters. The van der Waals surface area contributed by atoms with E-state index < -0.39 is 20.9 Å². The number of nitrogens with zero attached hydrogens (tertiary/aromatic N) is 1. The maximum absolute atomic E-state index is 12.9. The molecule has 3 aromatic carbocycles. The number of carbonyl (C=O) groups is 2. The van der Waals surface area contributed by atoms with Gasteiger partial charge in [-0.05, 0) is 36.1 Å². The van der Waals surface area contributed by atoms with E-state index in [-0.39, 0.29) is 39.4 Å². The minimum atomic E-state index is -4.32. The summed E-state index contributed by atoms with van der Waals surface area (Å²) in [4.78, 5) is 34.2. The number of hydrogen-bond donors (Lipinski definition) is 1. The molecule has 1 amide bonds. The molecule has 0 spiro atoms. The number of methoxy groups -OCH3 is 1. The third-order valence-corrected chi connectivity index (χ3v) is 6.41. The number of ether oxygens (including phenoxy) is 1. The number of aryl methyl sites for hydroxylation is 1. The van der Waals surface area contributed by atoms with Gasteiger partial charge in [0.2, 0.25) is 5.91 Å². The van der Waals surface area contributed by atoms with Crippen LogP contribution in [0.4, 0.5) is 5.69 Å². The number of nitro groups is 1. The smallest absolute Gasteiger partial charge is 0.270 e. The zero-order valence-corrected chi connectivity index (χ0v) is 19.1. The summed E-state index contributed by atoms with van der Waals surface area (Å²) in [5.41, 5.74) is 1.18. The number of carbonyl (C=O) groups excluding carboxylic acids is 2. The molecule has 9 nitrogen and oxygen atoms in total. The molecule has 1 N–H and O–H groups in total. The first-order valence-corrected chi connectivity index (χ1v) is 11.7. The molecule has 0 aliphatic carbocycles. The molecule has 3 aromatic rings. The molecule has 34 heavy (non-hydrogen) atoms. The predicted octanol–water partition coefficient (Wildman–Crippen LogP) is 3.91. The highest BCUT2D eigenvalue weighted by Gasteiger charge is 2.23. The van der Waals surface area contributed by atoms with Gasteiger partial charge in [-0.25, -0.2) is 13.1 Å². The van der Waals surface area contributed by atoms with E-state index in [9.17, 15) is 28.1 Å². The zero-order chi connectivity index (χ0) is 24.7. The van der Waals surface area contributed by atoms with Gasteiger partial charge in [0.1, 0.15) is 5.75 Å². The Bertz CT molecular complexity index is 1320. The van der Waals surface area contributed by atoms with Gasteiger partial charge in [0.15, 0.2) is 6.29 Å². The molecule has 0 saturated heterocycles. The lowest BCUT2D eigenvalue weighted by Gasteiger charge is -2.14. The van der Waals surface area contributed by atoms with E-state index in [1.165, 1.54) is 37.4 Å². The number of non-ortho nitro benzene ring substituents is 1. The van der Waals surface area contributed by atoms with Crippen molar-refractivity contribution in [3.63, 3.8) is 0 Å². The standard InChI is InChI=1S/C24H22N2O7S/c1-33-24-19(16-27)14-21(15-22(24)18-10-6-11-20(13-18)26(29)30)34(31,32)25-23(28)12-5-9-17-7-3-2-4-8-17/h2-4,6-8,10-11,13-16H,5,9,12H2,1H3,(H,25,28). The summed E-state index contributed by atoms with van der Waals surface area (Å²) in [6, 6.07) is 17.3. The second-order valence-electron chi connectivity index (χ2n) is 7.39. The number of benzene rings is 3. The number of nitro benzene ring substituents is 1. The second kappa shape index (κ2) is 10.7. The van der Waals surface area contributed by atoms with Gasteiger partial charge in [0.25, 0.3) is 15.7 Å². The molecule has 176 valence electrons. The van der Waals surface area contributed by atoms with Gasteiger partial charge in [0.05, 0.1) is 22.5 Å². The molecule has 0 saturated carbocycles. The first-order valence-electron chi connectivity index (χ1n) is 10.3. The molecule has 10 heteroatoms. The topological polar surface area (TPSA) is 133 Å². The van der Waals surface area contributed by atoms with Crippen LogP contribution in [0, 0.1) is 10.1 Å². The van der Waals surface area contributed by atoms with E-state index in [1.807, 2.05) is 35.1 Å². The fourth-order valence-corrected chi connectivity index (χ4v) is 4.53. The summed E-state index contributed by atoms with van der Waals surface area (Å²) in [6.07, 6.45) is 1.47. The summed E-state index contributed by atoms with van der Waals surface area (Å²) in [6.45, 7) is 0. The third-order valence-electron chi connectivity index (χ3n) is 5.06. The lowest BCUT2D eigenvalue weighted by atomic mass is 10.0. The van der Waals surface area contributed by atoms with Gasteiger partial charge in [0, 0.05) is 24.1 Å². The van der Waals surface area contributed by atoms with Crippen LogP contribution in [-0.4, -0.2) is 32.6 Å². The van der Waals surface area contributed by atoms with Crippen LogP contribution in [-0.2, 0) is 21.2 Å². The fraction of sp³-hybridized carbons (Fsp3) is 0.167. The fourth-order valence-electron chi connectivity index (χ4n) is 3.45. The predicted molar refractivity (Wildman–Crippen MR) is 125 cm³/mol. The van der Waals surface area contributed by atoms with Crippen molar-refractivity contribution in [2.75, 3.05) is 7.11 Å². The lowest BCUT2D eigenvalue weighted by Crippen LogP contribution is -2.30. The minimum absolute atomic E-state index is 0.0114. The van der Waals surface area contributed by atoms with Gasteiger partial charge in [-0.15, -0.1) is 0 Å². The summed E-state index contributed by atoms with van der Waals surface area (Å²) in [7, 11) is -3.02. The van der Waals surface area contributed by atoms with Gasteiger partial charge < -0.3 is 4.74 Å². The average molecular weight is 483 g/mol. The number of amides is 1. The number of sulfonamides is 1. The Hall–Kier alpha value is -4.05. The molecule has 0 fully saturated rings. The highest BCUT2D eigenvalue weighted by Crippen LogP contribution is 2.36. The number of rotatable bonds is 10. The summed E-state index contributed by atoms with van der Waals surface area (Å²) < 4.78 is 33.1. The highest BCUT2D eigenvalue weighted by atomic mass is 32.2. The molecule has 0 atom stereocenters. The van der Waals surface area contributed by atoms with Gasteiger partial charge in [-0.3, -0.25) is 19.7 Å². The van der Waals surface area contributed by atoms with Crippen LogP contribution >= 0.6 is 0 Å². The lowest BCUT2D eigenvalue weighted by molar-refractivity contribution is -0.384. The van der Waals surface area contributed by atoms with Crippen molar-refractivity contribution in [1.29, 1.82) is 0 Å². The van der Waals surface area contributed by atoms with Gasteiger partial charge in [-0.1, -0.05) is 42.5 Å². The Labute approximate surface area is 196 Å². The quantitative estimate of drug-likeness (QED) is 0.263. The van der Waals surface area contributed by atoms with Crippen molar-refractivity contribution in [3.8, 4) is 16.9 Å². The zero-order valence-electron chi connectivity index (χ0n) is 18.3. The Morgan fingerprint density at radius 2 is 1.82 bits per heavy atom. The first kappa shape index (κ1) is 24.6. The van der Waals surface area contributed by atoms with Crippen LogP contribution in [0.5, 0.6) is 5.75 Å². The molecule has 0 aliphatic rings. The van der Waals surface area contributed by atoms with Crippen molar-refractivity contribution < 1.29 is 27.7 Å². The Morgan fingerprint density at radius 1 is 1.09 bits per heavy atom. The number of aldehydes is 1. The van der Waals surface area contributed by atoms with Gasteiger partial charge in [-0.2, -0.15) is 0 Å². The normalized spacial score (nSPS) is 11.0. The van der Waals surface area contributed by atoms with E-state index in [0.717, 1.165) is 11.6 Å². The van der Waals surface area contributed by atoms with Crippen molar-refractivity contribution in [2.45, 2.75) is 24.2 Å². The van der Waals surface area contributed by atoms with Crippen LogP contribution in [0.3, 0.4) is 0 Å². The minimum Gasteiger partial charge on any atom is -0.495 e. The maximum atomic E-state index is 12.9. The van der Waals surface area contributed by atoms with Crippen LogP contribution in [0.25, 0.3) is 11.1 Å². The molecular weight excluding hydrogens is 460 g/mol. The van der Waals surface area contributed by atoms with E-state index in [2.05, 4.69) is 0 Å². The van der Waals surface area contributed by atoms with Crippen LogP contribution < -0.4 is 9.46 Å². The Kier molecular flexibility index (Phi) is 7.75. The number of hydrogen-bond acceptors (Lipinski definition) is 7. The second-order valence-corrected chi connectivity index (χ2v) is 9.07. The maximum Gasteiger partial charge on any atom is 0.270 e. The molecule has 3 rings (SSSR count). The van der Waals surface area contributed by atoms with E-state index in [4.69, 9.17) is 4.74 Å². The average Bonchev–Trinajstić information content (AvgIpc) is 2.83. The molecule has 0 aromatic heterocycles. The molecule has 0 radical (unpaired) electrons. The van der Waals surface area contributed by atoms with Crippen LogP contribution in [0.15, 0.2) is 71.6 Å². The summed E-state index contributed by atoms with van der Waals surface area (Å²) >= 11 is 0. The summed E-state index contributed by atoms with van der Waals surface area (Å²) in [5, 5.41) is 11.2. The number of nitrogens with one attached hydrogen (secondary N) is 1. The SMILES string of the molecule is COc1c(C=O)cc(S(=O)(=O)NC(=O)CCCc2ccccc2)cc1-c1cccc([N+](=O)[O-])c1. The van der Waals surface area contributed by atoms with Gasteiger partial charge >= 0.3 is 0 Å². The molecule has 0 aliphatic heterocycles. The molecule has 0 heterocycles. The monoisotopic (exact) mass is 482 g/mol. The van der Waals surface area contributed by atoms with Crippen molar-refractivity contribution in [2.24, 2.45) is 0 Å². The van der Waals surface area contributed by atoms with Crippen molar-refractivity contribution in [1.82, 2.24) is 4.72 Å². The third kappa shape index (κ3) is 5.84. The summed E-state index contributed by atoms with van der Waals surface area (Å²) in [5.74, 6) is -0.625. The van der Waals surface area contributed by atoms with E-state index in [0.29, 0.717) is 19.1 Å². The van der Waals surface area contributed by atoms with E-state index >= 15 is 0 Å². The largest absolute Gasteiger partial charge is 0.495 e.